The van der Waals surface area contributed by atoms with E-state index in [1.165, 1.54) is 19.2 Å². The molecular weight excluding hydrogens is 390 g/mol. The average molecular weight is 412 g/mol. The zero-order valence-electron chi connectivity index (χ0n) is 15.2. The number of benzene rings is 2. The second kappa shape index (κ2) is 8.06. The van der Waals surface area contributed by atoms with Gasteiger partial charge in [-0.3, -0.25) is 0 Å². The van der Waals surface area contributed by atoms with Crippen molar-refractivity contribution in [1.29, 1.82) is 0 Å². The Kier molecular flexibility index (Phi) is 5.95. The minimum Gasteiger partial charge on any atom is -0.490 e. The molecule has 1 aliphatic rings. The summed E-state index contributed by atoms with van der Waals surface area (Å²) < 4.78 is 44.9. The first-order valence-corrected chi connectivity index (χ1v) is 10.4. The van der Waals surface area contributed by atoms with E-state index in [9.17, 15) is 8.42 Å². The second-order valence-electron chi connectivity index (χ2n) is 6.43. The molecule has 0 saturated carbocycles. The van der Waals surface area contributed by atoms with Gasteiger partial charge in [0.25, 0.3) is 0 Å². The summed E-state index contributed by atoms with van der Waals surface area (Å²) >= 11 is 6.05. The maximum Gasteiger partial charge on any atom is 0.240 e. The molecular formula is C19H22ClNO5S. The standard InChI is InChI=1S/C19H22ClNO5S/c1-19(24-2,14-5-3-6-15(20)11-14)13-21-27(22,23)16-7-8-17-18(12-16)26-10-4-9-25-17/h3,5-8,11-12,21H,4,9-10,13H2,1-2H3/t19-/m0/s1. The van der Waals surface area contributed by atoms with Crippen LogP contribution in [0.2, 0.25) is 5.02 Å². The quantitative estimate of drug-likeness (QED) is 0.789. The summed E-state index contributed by atoms with van der Waals surface area (Å²) in [5.41, 5.74) is -0.0950. The van der Waals surface area contributed by atoms with Crippen molar-refractivity contribution in [2.75, 3.05) is 26.9 Å². The normalized spacial score (nSPS) is 16.4. The fourth-order valence-electron chi connectivity index (χ4n) is 2.74. The van der Waals surface area contributed by atoms with Gasteiger partial charge in [-0.05, 0) is 36.8 Å². The number of hydrogen-bond acceptors (Lipinski definition) is 5. The van der Waals surface area contributed by atoms with Gasteiger partial charge >= 0.3 is 0 Å². The van der Waals surface area contributed by atoms with Crippen molar-refractivity contribution in [2.24, 2.45) is 0 Å². The number of halogens is 1. The Hall–Kier alpha value is -1.80. The van der Waals surface area contributed by atoms with Crippen LogP contribution in [0.4, 0.5) is 0 Å². The molecule has 1 atom stereocenters. The average Bonchev–Trinajstić information content (AvgIpc) is 2.91. The zero-order valence-corrected chi connectivity index (χ0v) is 16.8. The molecule has 2 aromatic rings. The lowest BCUT2D eigenvalue weighted by Gasteiger charge is -2.29. The van der Waals surface area contributed by atoms with Crippen LogP contribution in [0.3, 0.4) is 0 Å². The molecule has 146 valence electrons. The van der Waals surface area contributed by atoms with Crippen molar-refractivity contribution in [3.8, 4) is 11.5 Å². The number of ether oxygens (including phenoxy) is 3. The molecule has 0 saturated heterocycles. The molecule has 8 heteroatoms. The van der Waals surface area contributed by atoms with Gasteiger partial charge in [-0.1, -0.05) is 23.7 Å². The molecule has 27 heavy (non-hydrogen) atoms. The van der Waals surface area contributed by atoms with Gasteiger partial charge in [0.15, 0.2) is 11.5 Å². The molecule has 1 aliphatic heterocycles. The summed E-state index contributed by atoms with van der Waals surface area (Å²) in [6.45, 7) is 2.87. The lowest BCUT2D eigenvalue weighted by molar-refractivity contribution is 0.00699. The third-order valence-electron chi connectivity index (χ3n) is 4.51. The van der Waals surface area contributed by atoms with Crippen LogP contribution in [-0.2, 0) is 20.4 Å². The first-order chi connectivity index (χ1) is 12.8. The number of rotatable bonds is 6. The highest BCUT2D eigenvalue weighted by atomic mass is 35.5. The zero-order chi connectivity index (χ0) is 19.5. The summed E-state index contributed by atoms with van der Waals surface area (Å²) in [5, 5.41) is 0.557. The SMILES string of the molecule is CO[C@@](C)(CNS(=O)(=O)c1ccc2c(c1)OCCCO2)c1cccc(Cl)c1. The molecule has 0 unspecified atom stereocenters. The van der Waals surface area contributed by atoms with Crippen LogP contribution in [0.1, 0.15) is 18.9 Å². The van der Waals surface area contributed by atoms with Crippen LogP contribution < -0.4 is 14.2 Å². The first-order valence-electron chi connectivity index (χ1n) is 8.55. The van der Waals surface area contributed by atoms with Crippen LogP contribution >= 0.6 is 11.6 Å². The van der Waals surface area contributed by atoms with Crippen LogP contribution in [0, 0.1) is 0 Å². The Labute approximate surface area is 164 Å². The molecule has 1 heterocycles. The predicted molar refractivity (Wildman–Crippen MR) is 103 cm³/mol. The van der Waals surface area contributed by atoms with Gasteiger partial charge in [-0.15, -0.1) is 0 Å². The van der Waals surface area contributed by atoms with Crippen molar-refractivity contribution in [3.63, 3.8) is 0 Å². The number of hydrogen-bond donors (Lipinski definition) is 1. The Morgan fingerprint density at radius 1 is 1.15 bits per heavy atom. The van der Waals surface area contributed by atoms with Gasteiger partial charge in [-0.2, -0.15) is 0 Å². The van der Waals surface area contributed by atoms with Crippen LogP contribution in [0.15, 0.2) is 47.4 Å². The van der Waals surface area contributed by atoms with E-state index in [0.717, 1.165) is 12.0 Å². The molecule has 1 N–H and O–H groups in total. The third-order valence-corrected chi connectivity index (χ3v) is 6.15. The van der Waals surface area contributed by atoms with E-state index in [1.807, 2.05) is 6.07 Å². The van der Waals surface area contributed by atoms with Gasteiger partial charge in [0.05, 0.1) is 18.1 Å². The number of sulfonamides is 1. The minimum absolute atomic E-state index is 0.0423. The second-order valence-corrected chi connectivity index (χ2v) is 8.63. The monoisotopic (exact) mass is 411 g/mol. The Morgan fingerprint density at radius 2 is 1.89 bits per heavy atom. The number of methoxy groups -OCH3 is 1. The van der Waals surface area contributed by atoms with Crippen molar-refractivity contribution in [3.05, 3.63) is 53.1 Å². The van der Waals surface area contributed by atoms with Crippen molar-refractivity contribution in [2.45, 2.75) is 23.8 Å². The van der Waals surface area contributed by atoms with E-state index < -0.39 is 15.6 Å². The Morgan fingerprint density at radius 3 is 2.59 bits per heavy atom. The lowest BCUT2D eigenvalue weighted by Crippen LogP contribution is -2.40. The number of fused-ring (bicyclic) bond motifs is 1. The summed E-state index contributed by atoms with van der Waals surface area (Å²) in [5.74, 6) is 0.979. The molecule has 6 nitrogen and oxygen atoms in total. The van der Waals surface area contributed by atoms with Gasteiger partial charge in [0.2, 0.25) is 10.0 Å². The van der Waals surface area contributed by atoms with Crippen LogP contribution in [-0.4, -0.2) is 35.3 Å². The first kappa shape index (κ1) is 19.9. The molecule has 0 aromatic heterocycles. The van der Waals surface area contributed by atoms with Gasteiger partial charge in [0.1, 0.15) is 5.60 Å². The Balaban J connectivity index is 1.81. The largest absolute Gasteiger partial charge is 0.490 e. The smallest absolute Gasteiger partial charge is 0.240 e. The van der Waals surface area contributed by atoms with E-state index in [-0.39, 0.29) is 11.4 Å². The molecule has 0 spiro atoms. The minimum atomic E-state index is -3.77. The molecule has 0 fully saturated rings. The van der Waals surface area contributed by atoms with E-state index in [1.54, 1.807) is 31.2 Å². The Bertz CT molecular complexity index is 918. The van der Waals surface area contributed by atoms with Crippen molar-refractivity contribution >= 4 is 21.6 Å². The maximum absolute atomic E-state index is 12.8. The van der Waals surface area contributed by atoms with Crippen molar-refractivity contribution < 1.29 is 22.6 Å². The summed E-state index contributed by atoms with van der Waals surface area (Å²) in [6.07, 6.45) is 0.751. The molecule has 2 aromatic carbocycles. The fourth-order valence-corrected chi connectivity index (χ4v) is 4.07. The van der Waals surface area contributed by atoms with Gasteiger partial charge in [-0.25, -0.2) is 13.1 Å². The highest BCUT2D eigenvalue weighted by Crippen LogP contribution is 2.32. The highest BCUT2D eigenvalue weighted by Gasteiger charge is 2.29. The summed E-state index contributed by atoms with van der Waals surface area (Å²) in [6, 6.07) is 11.7. The van der Waals surface area contributed by atoms with E-state index in [4.69, 9.17) is 25.8 Å². The highest BCUT2D eigenvalue weighted by molar-refractivity contribution is 7.89. The van der Waals surface area contributed by atoms with Gasteiger partial charge in [0, 0.05) is 31.2 Å². The molecule has 0 aliphatic carbocycles. The topological polar surface area (TPSA) is 73.9 Å². The van der Waals surface area contributed by atoms with E-state index in [2.05, 4.69) is 4.72 Å². The number of nitrogens with one attached hydrogen (secondary N) is 1. The van der Waals surface area contributed by atoms with E-state index in [0.29, 0.717) is 29.7 Å². The predicted octanol–water partition coefficient (Wildman–Crippen LogP) is 3.34. The molecule has 0 amide bonds. The lowest BCUT2D eigenvalue weighted by atomic mass is 9.96. The fraction of sp³-hybridized carbons (Fsp3) is 0.368. The molecule has 3 rings (SSSR count). The van der Waals surface area contributed by atoms with Gasteiger partial charge < -0.3 is 14.2 Å². The van der Waals surface area contributed by atoms with Crippen LogP contribution in [0.5, 0.6) is 11.5 Å². The van der Waals surface area contributed by atoms with E-state index >= 15 is 0 Å². The maximum atomic E-state index is 12.8. The molecule has 0 bridgehead atoms. The molecule has 0 radical (unpaired) electrons. The third kappa shape index (κ3) is 4.55. The summed E-state index contributed by atoms with van der Waals surface area (Å²) in [4.78, 5) is 0.108. The van der Waals surface area contributed by atoms with Crippen LogP contribution in [0.25, 0.3) is 0 Å². The summed E-state index contributed by atoms with van der Waals surface area (Å²) in [7, 11) is -2.24. The van der Waals surface area contributed by atoms with Crippen molar-refractivity contribution in [1.82, 2.24) is 4.72 Å².